The van der Waals surface area contributed by atoms with Crippen LogP contribution in [0.25, 0.3) is 0 Å². The fraction of sp³-hybridized carbons (Fsp3) is 0.333. The van der Waals surface area contributed by atoms with Gasteiger partial charge in [-0.2, -0.15) is 0 Å². The molecule has 2 aliphatic rings. The summed E-state index contributed by atoms with van der Waals surface area (Å²) in [6, 6.07) is 9.35. The maximum Gasteiger partial charge on any atom is 0.325 e. The Bertz CT molecular complexity index is 1030. The summed E-state index contributed by atoms with van der Waals surface area (Å²) in [6.07, 6.45) is 1.43. The number of benzene rings is 1. The van der Waals surface area contributed by atoms with E-state index in [-0.39, 0.29) is 24.1 Å². The van der Waals surface area contributed by atoms with Gasteiger partial charge in [-0.15, -0.1) is 0 Å². The number of imide groups is 1. The summed E-state index contributed by atoms with van der Waals surface area (Å²) in [7, 11) is 0. The molecule has 2 saturated heterocycles. The first-order valence-electron chi connectivity index (χ1n) is 9.81. The van der Waals surface area contributed by atoms with Crippen LogP contribution >= 0.6 is 11.6 Å². The Balaban J connectivity index is 1.39. The minimum absolute atomic E-state index is 0.235. The molecule has 162 valence electrons. The van der Waals surface area contributed by atoms with Gasteiger partial charge in [0.1, 0.15) is 12.1 Å². The van der Waals surface area contributed by atoms with E-state index in [1.54, 1.807) is 48.2 Å². The first-order chi connectivity index (χ1) is 14.8. The number of hydrogen-bond acceptors (Lipinski definition) is 5. The normalized spacial score (nSPS) is 21.4. The SMILES string of the molecule is C[C@@]1(c2ccccc2Cl)NC(=O)N(CC(=O)N2CCN(C(=O)c3ccco3)CC2)C1=O. The zero-order valence-electron chi connectivity index (χ0n) is 16.8. The van der Waals surface area contributed by atoms with Gasteiger partial charge in [-0.1, -0.05) is 29.8 Å². The van der Waals surface area contributed by atoms with Crippen molar-refractivity contribution in [3.8, 4) is 0 Å². The topological polar surface area (TPSA) is 103 Å². The molecule has 0 aliphatic carbocycles. The average molecular weight is 445 g/mol. The van der Waals surface area contributed by atoms with Crippen LogP contribution in [0.15, 0.2) is 47.1 Å². The van der Waals surface area contributed by atoms with Crippen LogP contribution in [-0.4, -0.2) is 71.2 Å². The molecule has 9 nitrogen and oxygen atoms in total. The number of hydrogen-bond donors (Lipinski definition) is 1. The number of nitrogens with zero attached hydrogens (tertiary/aromatic N) is 3. The van der Waals surface area contributed by atoms with Crippen molar-refractivity contribution >= 4 is 35.4 Å². The van der Waals surface area contributed by atoms with E-state index in [0.717, 1.165) is 4.90 Å². The lowest BCUT2D eigenvalue weighted by molar-refractivity contribution is -0.139. The summed E-state index contributed by atoms with van der Waals surface area (Å²) in [6.45, 7) is 2.47. The Morgan fingerprint density at radius 2 is 1.74 bits per heavy atom. The van der Waals surface area contributed by atoms with Gasteiger partial charge in [0.2, 0.25) is 5.91 Å². The summed E-state index contributed by atoms with van der Waals surface area (Å²) >= 11 is 6.22. The maximum atomic E-state index is 13.0. The molecule has 0 saturated carbocycles. The van der Waals surface area contributed by atoms with Crippen molar-refractivity contribution < 1.29 is 23.6 Å². The van der Waals surface area contributed by atoms with E-state index in [0.29, 0.717) is 36.8 Å². The zero-order chi connectivity index (χ0) is 22.2. The van der Waals surface area contributed by atoms with Crippen LogP contribution in [0, 0.1) is 0 Å². The van der Waals surface area contributed by atoms with Gasteiger partial charge in [0.05, 0.1) is 6.26 Å². The van der Waals surface area contributed by atoms with Gasteiger partial charge in [-0.25, -0.2) is 4.79 Å². The molecule has 2 aliphatic heterocycles. The largest absolute Gasteiger partial charge is 0.459 e. The smallest absolute Gasteiger partial charge is 0.325 e. The van der Waals surface area contributed by atoms with Crippen molar-refractivity contribution in [1.82, 2.24) is 20.0 Å². The first kappa shape index (κ1) is 20.9. The Hall–Kier alpha value is -3.33. The van der Waals surface area contributed by atoms with Gasteiger partial charge in [0, 0.05) is 36.8 Å². The molecule has 3 heterocycles. The third-order valence-electron chi connectivity index (χ3n) is 5.63. The number of nitrogens with one attached hydrogen (secondary N) is 1. The third kappa shape index (κ3) is 3.76. The molecule has 10 heteroatoms. The van der Waals surface area contributed by atoms with E-state index >= 15 is 0 Å². The fourth-order valence-corrected chi connectivity index (χ4v) is 4.16. The highest BCUT2D eigenvalue weighted by atomic mass is 35.5. The highest BCUT2D eigenvalue weighted by Crippen LogP contribution is 2.33. The summed E-state index contributed by atoms with van der Waals surface area (Å²) in [5.41, 5.74) is -0.876. The Morgan fingerprint density at radius 3 is 2.39 bits per heavy atom. The van der Waals surface area contributed by atoms with Crippen molar-refractivity contribution in [2.75, 3.05) is 32.7 Å². The minimum atomic E-state index is -1.34. The van der Waals surface area contributed by atoms with Crippen LogP contribution in [0.4, 0.5) is 4.79 Å². The molecule has 2 aromatic rings. The summed E-state index contributed by atoms with van der Waals surface area (Å²) < 4.78 is 5.13. The van der Waals surface area contributed by atoms with Gasteiger partial charge in [0.25, 0.3) is 11.8 Å². The van der Waals surface area contributed by atoms with Crippen LogP contribution in [0.2, 0.25) is 5.02 Å². The van der Waals surface area contributed by atoms with Crippen molar-refractivity contribution in [3.05, 3.63) is 59.0 Å². The molecule has 0 radical (unpaired) electrons. The van der Waals surface area contributed by atoms with E-state index in [2.05, 4.69) is 5.32 Å². The number of furan rings is 1. The van der Waals surface area contributed by atoms with E-state index in [1.165, 1.54) is 11.2 Å². The van der Waals surface area contributed by atoms with E-state index in [4.69, 9.17) is 16.0 Å². The lowest BCUT2D eigenvalue weighted by Gasteiger charge is -2.34. The van der Waals surface area contributed by atoms with Gasteiger partial charge in [0.15, 0.2) is 5.76 Å². The highest BCUT2D eigenvalue weighted by Gasteiger charge is 2.50. The summed E-state index contributed by atoms with van der Waals surface area (Å²) in [5.74, 6) is -0.887. The number of amides is 5. The molecular formula is C21H21ClN4O5. The number of piperazine rings is 1. The van der Waals surface area contributed by atoms with Crippen LogP contribution in [0.5, 0.6) is 0 Å². The van der Waals surface area contributed by atoms with Crippen LogP contribution < -0.4 is 5.32 Å². The number of urea groups is 1. The number of rotatable bonds is 4. The first-order valence-corrected chi connectivity index (χ1v) is 10.2. The molecule has 1 atom stereocenters. The molecule has 5 amide bonds. The molecule has 0 bridgehead atoms. The Morgan fingerprint density at radius 1 is 1.06 bits per heavy atom. The fourth-order valence-electron chi connectivity index (χ4n) is 3.84. The quantitative estimate of drug-likeness (QED) is 0.723. The average Bonchev–Trinajstić information content (AvgIpc) is 3.37. The molecule has 0 unspecified atom stereocenters. The lowest BCUT2D eigenvalue weighted by Crippen LogP contribution is -2.53. The van der Waals surface area contributed by atoms with Crippen LogP contribution in [0.3, 0.4) is 0 Å². The molecule has 2 fully saturated rings. The van der Waals surface area contributed by atoms with Crippen molar-refractivity contribution in [1.29, 1.82) is 0 Å². The highest BCUT2D eigenvalue weighted by molar-refractivity contribution is 6.32. The molecule has 1 aromatic heterocycles. The third-order valence-corrected chi connectivity index (χ3v) is 5.96. The van der Waals surface area contributed by atoms with Gasteiger partial charge in [-0.05, 0) is 25.1 Å². The second-order valence-corrected chi connectivity index (χ2v) is 7.98. The molecule has 0 spiro atoms. The predicted molar refractivity (Wildman–Crippen MR) is 110 cm³/mol. The predicted octanol–water partition coefficient (Wildman–Crippen LogP) is 1.68. The molecular weight excluding hydrogens is 424 g/mol. The number of carbonyl (C=O) groups excluding carboxylic acids is 4. The van der Waals surface area contributed by atoms with E-state index < -0.39 is 17.5 Å². The summed E-state index contributed by atoms with van der Waals surface area (Å²) in [5, 5.41) is 3.00. The van der Waals surface area contributed by atoms with E-state index in [1.807, 2.05) is 0 Å². The second-order valence-electron chi connectivity index (χ2n) is 7.58. The lowest BCUT2D eigenvalue weighted by atomic mass is 9.92. The van der Waals surface area contributed by atoms with E-state index in [9.17, 15) is 19.2 Å². The van der Waals surface area contributed by atoms with Crippen molar-refractivity contribution in [3.63, 3.8) is 0 Å². The zero-order valence-corrected chi connectivity index (χ0v) is 17.6. The van der Waals surface area contributed by atoms with Crippen molar-refractivity contribution in [2.45, 2.75) is 12.5 Å². The van der Waals surface area contributed by atoms with Crippen molar-refractivity contribution in [2.24, 2.45) is 0 Å². The van der Waals surface area contributed by atoms with Gasteiger partial charge < -0.3 is 19.5 Å². The molecule has 31 heavy (non-hydrogen) atoms. The Labute approximate surface area is 183 Å². The number of carbonyl (C=O) groups is 4. The molecule has 4 rings (SSSR count). The van der Waals surface area contributed by atoms with Crippen LogP contribution in [0.1, 0.15) is 23.0 Å². The molecule has 1 N–H and O–H groups in total. The van der Waals surface area contributed by atoms with Gasteiger partial charge >= 0.3 is 6.03 Å². The Kier molecular flexibility index (Phi) is 5.45. The molecule has 1 aromatic carbocycles. The van der Waals surface area contributed by atoms with Gasteiger partial charge in [-0.3, -0.25) is 19.3 Å². The standard InChI is InChI=1S/C21H21ClN4O5/c1-21(14-5-2-3-6-15(14)22)19(29)26(20(30)23-21)13-17(27)24-8-10-25(11-9-24)18(28)16-7-4-12-31-16/h2-7,12H,8-11,13H2,1H3,(H,23,30)/t21-/m0/s1. The minimum Gasteiger partial charge on any atom is -0.459 e. The van der Waals surface area contributed by atoms with Crippen LogP contribution in [-0.2, 0) is 15.1 Å². The maximum absolute atomic E-state index is 13.0. The summed E-state index contributed by atoms with van der Waals surface area (Å²) in [4.78, 5) is 54.7. The number of halogens is 1. The monoisotopic (exact) mass is 444 g/mol. The second kappa shape index (κ2) is 8.07.